The van der Waals surface area contributed by atoms with Crippen molar-refractivity contribution in [3.63, 3.8) is 0 Å². The van der Waals surface area contributed by atoms with Gasteiger partial charge in [-0.15, -0.1) is 0 Å². The van der Waals surface area contributed by atoms with Crippen molar-refractivity contribution < 1.29 is 22.7 Å². The minimum atomic E-state index is -4.55. The van der Waals surface area contributed by atoms with Crippen LogP contribution in [0.4, 0.5) is 13.2 Å². The fourth-order valence-corrected chi connectivity index (χ4v) is 1.36. The predicted molar refractivity (Wildman–Crippen MR) is 56.3 cm³/mol. The van der Waals surface area contributed by atoms with Crippen LogP contribution in [0.15, 0.2) is 12.3 Å². The molecule has 1 fully saturated rings. The molecule has 4 nitrogen and oxygen atoms in total. The third kappa shape index (κ3) is 2.72. The van der Waals surface area contributed by atoms with Crippen molar-refractivity contribution in [1.29, 1.82) is 0 Å². The summed E-state index contributed by atoms with van der Waals surface area (Å²) >= 11 is 0. The number of carbonyl (C=O) groups excluding carboxylic acids is 1. The van der Waals surface area contributed by atoms with Crippen molar-refractivity contribution in [2.24, 2.45) is 0 Å². The molecule has 1 aliphatic rings. The Morgan fingerprint density at radius 3 is 2.67 bits per heavy atom. The van der Waals surface area contributed by atoms with Gasteiger partial charge in [-0.3, -0.25) is 9.78 Å². The van der Waals surface area contributed by atoms with Gasteiger partial charge < -0.3 is 10.1 Å². The van der Waals surface area contributed by atoms with Crippen molar-refractivity contribution >= 4 is 5.91 Å². The lowest BCUT2D eigenvalue weighted by Gasteiger charge is -2.12. The third-order valence-corrected chi connectivity index (χ3v) is 2.45. The van der Waals surface area contributed by atoms with Gasteiger partial charge >= 0.3 is 6.18 Å². The number of amides is 1. The number of aromatic nitrogens is 1. The first-order chi connectivity index (χ1) is 8.41. The summed E-state index contributed by atoms with van der Waals surface area (Å²) in [6.07, 6.45) is -2.19. The Balaban J connectivity index is 2.37. The Morgan fingerprint density at radius 2 is 2.17 bits per heavy atom. The first kappa shape index (κ1) is 12.7. The van der Waals surface area contributed by atoms with E-state index >= 15 is 0 Å². The van der Waals surface area contributed by atoms with E-state index in [2.05, 4.69) is 10.3 Å². The number of hydrogen-bond donors (Lipinski definition) is 1. The van der Waals surface area contributed by atoms with Crippen LogP contribution in [0, 0.1) is 0 Å². The molecule has 98 valence electrons. The number of nitrogens with one attached hydrogen (secondary N) is 1. The topological polar surface area (TPSA) is 51.2 Å². The van der Waals surface area contributed by atoms with Crippen molar-refractivity contribution in [3.05, 3.63) is 23.5 Å². The first-order valence-electron chi connectivity index (χ1n) is 5.38. The van der Waals surface area contributed by atoms with Gasteiger partial charge in [-0.2, -0.15) is 13.2 Å². The normalized spacial score (nSPS) is 15.3. The highest BCUT2D eigenvalue weighted by Gasteiger charge is 2.35. The van der Waals surface area contributed by atoms with Gasteiger partial charge in [-0.05, 0) is 12.8 Å². The maximum Gasteiger partial charge on any atom is 0.433 e. The smallest absolute Gasteiger partial charge is 0.433 e. The van der Waals surface area contributed by atoms with E-state index in [1.165, 1.54) is 7.05 Å². The molecule has 0 atom stereocenters. The minimum absolute atomic E-state index is 0.0115. The quantitative estimate of drug-likeness (QED) is 0.904. The zero-order chi connectivity index (χ0) is 13.3. The van der Waals surface area contributed by atoms with Crippen LogP contribution in [-0.2, 0) is 6.18 Å². The zero-order valence-electron chi connectivity index (χ0n) is 9.54. The van der Waals surface area contributed by atoms with E-state index in [9.17, 15) is 18.0 Å². The van der Waals surface area contributed by atoms with Gasteiger partial charge in [0.05, 0.1) is 11.7 Å². The molecule has 0 radical (unpaired) electrons. The maximum atomic E-state index is 12.5. The fourth-order valence-electron chi connectivity index (χ4n) is 1.36. The summed E-state index contributed by atoms with van der Waals surface area (Å²) in [4.78, 5) is 14.7. The highest BCUT2D eigenvalue weighted by molar-refractivity contribution is 5.96. The molecule has 1 aromatic heterocycles. The Kier molecular flexibility index (Phi) is 3.14. The van der Waals surface area contributed by atoms with Crippen LogP contribution in [0.3, 0.4) is 0 Å². The molecule has 0 saturated heterocycles. The Labute approximate surface area is 101 Å². The van der Waals surface area contributed by atoms with E-state index in [1.807, 2.05) is 0 Å². The summed E-state index contributed by atoms with van der Waals surface area (Å²) in [5, 5.41) is 2.33. The van der Waals surface area contributed by atoms with E-state index in [-0.39, 0.29) is 17.4 Å². The average molecular weight is 260 g/mol. The lowest BCUT2D eigenvalue weighted by Crippen LogP contribution is -2.20. The largest absolute Gasteiger partial charge is 0.489 e. The highest BCUT2D eigenvalue weighted by Crippen LogP contribution is 2.34. The minimum Gasteiger partial charge on any atom is -0.489 e. The monoisotopic (exact) mass is 260 g/mol. The molecule has 7 heteroatoms. The van der Waals surface area contributed by atoms with Crippen LogP contribution in [0.5, 0.6) is 5.75 Å². The molecular formula is C11H11F3N2O2. The van der Waals surface area contributed by atoms with Gasteiger partial charge in [0.25, 0.3) is 5.91 Å². The molecule has 0 aliphatic heterocycles. The molecule has 1 aliphatic carbocycles. The van der Waals surface area contributed by atoms with E-state index in [1.54, 1.807) is 0 Å². The van der Waals surface area contributed by atoms with Crippen LogP contribution >= 0.6 is 0 Å². The van der Waals surface area contributed by atoms with Crippen molar-refractivity contribution in [3.8, 4) is 5.75 Å². The number of rotatable bonds is 3. The Bertz CT molecular complexity index is 470. The lowest BCUT2D eigenvalue weighted by molar-refractivity contribution is -0.141. The summed E-state index contributed by atoms with van der Waals surface area (Å²) in [5.74, 6) is -0.592. The summed E-state index contributed by atoms with van der Waals surface area (Å²) < 4.78 is 42.9. The number of ether oxygens (including phenoxy) is 1. The summed E-state index contributed by atoms with van der Waals surface area (Å²) in [5.41, 5.74) is -1.05. The van der Waals surface area contributed by atoms with Gasteiger partial charge in [-0.25, -0.2) is 0 Å². The molecule has 0 unspecified atom stereocenters. The third-order valence-electron chi connectivity index (χ3n) is 2.45. The summed E-state index contributed by atoms with van der Waals surface area (Å²) in [6.45, 7) is 0. The van der Waals surface area contributed by atoms with Gasteiger partial charge in [0, 0.05) is 19.3 Å². The second-order valence-corrected chi connectivity index (χ2v) is 3.96. The number of alkyl halides is 3. The number of halogens is 3. The molecule has 1 heterocycles. The van der Waals surface area contributed by atoms with Gasteiger partial charge in [0.15, 0.2) is 0 Å². The first-order valence-corrected chi connectivity index (χ1v) is 5.38. The number of nitrogens with zero attached hydrogens (tertiary/aromatic N) is 1. The second-order valence-electron chi connectivity index (χ2n) is 3.96. The van der Waals surface area contributed by atoms with Crippen molar-refractivity contribution in [2.75, 3.05) is 7.05 Å². The molecule has 0 bridgehead atoms. The van der Waals surface area contributed by atoms with E-state index in [4.69, 9.17) is 4.74 Å². The zero-order valence-corrected chi connectivity index (χ0v) is 9.54. The molecule has 1 aromatic rings. The van der Waals surface area contributed by atoms with Crippen LogP contribution in [0.1, 0.15) is 28.9 Å². The van der Waals surface area contributed by atoms with Crippen molar-refractivity contribution in [1.82, 2.24) is 10.3 Å². The molecule has 1 amide bonds. The summed E-state index contributed by atoms with van der Waals surface area (Å²) in [7, 11) is 1.39. The predicted octanol–water partition coefficient (Wildman–Crippen LogP) is 2.00. The van der Waals surface area contributed by atoms with E-state index in [0.717, 1.165) is 25.1 Å². The van der Waals surface area contributed by atoms with Gasteiger partial charge in [-0.1, -0.05) is 0 Å². The highest BCUT2D eigenvalue weighted by atomic mass is 19.4. The van der Waals surface area contributed by atoms with Crippen LogP contribution in [0.25, 0.3) is 0 Å². The molecule has 2 rings (SSSR count). The Hall–Kier alpha value is -1.79. The fraction of sp³-hybridized carbons (Fsp3) is 0.455. The molecule has 0 spiro atoms. The number of hydrogen-bond acceptors (Lipinski definition) is 3. The number of carbonyl (C=O) groups is 1. The molecule has 0 aromatic carbocycles. The lowest BCUT2D eigenvalue weighted by atomic mass is 10.2. The Morgan fingerprint density at radius 1 is 1.50 bits per heavy atom. The van der Waals surface area contributed by atoms with E-state index < -0.39 is 17.8 Å². The number of pyridine rings is 1. The van der Waals surface area contributed by atoms with Crippen LogP contribution < -0.4 is 10.1 Å². The van der Waals surface area contributed by atoms with Crippen molar-refractivity contribution in [2.45, 2.75) is 25.1 Å². The van der Waals surface area contributed by atoms with Crippen LogP contribution in [0.2, 0.25) is 0 Å². The molecular weight excluding hydrogens is 249 g/mol. The SMILES string of the molecule is CNC(=O)c1cnc(C(F)(F)F)cc1OC1CC1. The van der Waals surface area contributed by atoms with Gasteiger partial charge in [0.1, 0.15) is 11.4 Å². The summed E-state index contributed by atoms with van der Waals surface area (Å²) in [6, 6.07) is 0.767. The maximum absolute atomic E-state index is 12.5. The van der Waals surface area contributed by atoms with Crippen LogP contribution in [-0.4, -0.2) is 24.0 Å². The standard InChI is InChI=1S/C11H11F3N2O2/c1-15-10(17)7-5-16-9(11(12,13)14)4-8(7)18-6-2-3-6/h4-6H,2-3H2,1H3,(H,15,17). The second kappa shape index (κ2) is 4.47. The average Bonchev–Trinajstić information content (AvgIpc) is 3.10. The molecule has 1 saturated carbocycles. The molecule has 18 heavy (non-hydrogen) atoms. The van der Waals surface area contributed by atoms with Gasteiger partial charge in [0.2, 0.25) is 0 Å². The van der Waals surface area contributed by atoms with E-state index in [0.29, 0.717) is 0 Å². The molecule has 1 N–H and O–H groups in total.